The van der Waals surface area contributed by atoms with Crippen LogP contribution in [-0.4, -0.2) is 15.6 Å². The van der Waals surface area contributed by atoms with Gasteiger partial charge < -0.3 is 5.73 Å². The van der Waals surface area contributed by atoms with Crippen LogP contribution in [0, 0.1) is 0 Å². The third kappa shape index (κ3) is 3.80. The Bertz CT molecular complexity index is 966. The van der Waals surface area contributed by atoms with Crippen molar-refractivity contribution in [1.82, 2.24) is 9.66 Å². The van der Waals surface area contributed by atoms with Gasteiger partial charge in [0.2, 0.25) is 5.91 Å². The molecule has 0 aliphatic carbocycles. The molecule has 6 heteroatoms. The maximum Gasteiger partial charge on any atom is 0.278 e. The third-order valence-electron chi connectivity index (χ3n) is 4.02. The summed E-state index contributed by atoms with van der Waals surface area (Å²) in [6.07, 6.45) is 1.10. The van der Waals surface area contributed by atoms with Gasteiger partial charge >= 0.3 is 0 Å². The smallest absolute Gasteiger partial charge is 0.278 e. The summed E-state index contributed by atoms with van der Waals surface area (Å²) in [7, 11) is 0. The van der Waals surface area contributed by atoms with Gasteiger partial charge in [-0.15, -0.1) is 0 Å². The van der Waals surface area contributed by atoms with Crippen molar-refractivity contribution in [2.45, 2.75) is 19.8 Å². The monoisotopic (exact) mass is 348 g/mol. The summed E-state index contributed by atoms with van der Waals surface area (Å²) < 4.78 is 1.17. The number of anilines is 1. The SMILES string of the molecule is CC(=O)Nn1c(-c2ccccc2)nc(N)c(CCc2ccccc2)c1=O. The summed E-state index contributed by atoms with van der Waals surface area (Å²) in [5, 5.41) is 0. The number of hydrogen-bond donors (Lipinski definition) is 2. The van der Waals surface area contributed by atoms with Gasteiger partial charge in [0.25, 0.3) is 5.56 Å². The first kappa shape index (κ1) is 17.4. The molecule has 6 nitrogen and oxygen atoms in total. The lowest BCUT2D eigenvalue weighted by molar-refractivity contribution is -0.115. The van der Waals surface area contributed by atoms with Gasteiger partial charge in [-0.25, -0.2) is 4.98 Å². The van der Waals surface area contributed by atoms with Crippen LogP contribution in [0.5, 0.6) is 0 Å². The standard InChI is InChI=1S/C20H20N4O2/c1-14(25)23-24-19(16-10-6-3-7-11-16)22-18(21)17(20(24)26)13-12-15-8-4-2-5-9-15/h2-11H,12-13,21H2,1H3,(H,23,25). The van der Waals surface area contributed by atoms with Gasteiger partial charge in [-0.05, 0) is 18.4 Å². The summed E-state index contributed by atoms with van der Waals surface area (Å²) in [6, 6.07) is 19.0. The van der Waals surface area contributed by atoms with Crippen molar-refractivity contribution in [2.75, 3.05) is 11.2 Å². The Balaban J connectivity index is 2.04. The summed E-state index contributed by atoms with van der Waals surface area (Å²) in [5.74, 6) is 0.142. The Morgan fingerprint density at radius 3 is 2.27 bits per heavy atom. The number of nitrogens with two attached hydrogens (primary N) is 1. The van der Waals surface area contributed by atoms with Gasteiger partial charge in [-0.3, -0.25) is 15.0 Å². The van der Waals surface area contributed by atoms with E-state index in [0.717, 1.165) is 5.56 Å². The molecule has 0 atom stereocenters. The maximum atomic E-state index is 13.0. The second-order valence-electron chi connectivity index (χ2n) is 5.96. The van der Waals surface area contributed by atoms with E-state index in [1.807, 2.05) is 60.7 Å². The molecule has 0 aliphatic rings. The zero-order valence-corrected chi connectivity index (χ0v) is 14.5. The molecule has 26 heavy (non-hydrogen) atoms. The van der Waals surface area contributed by atoms with Crippen molar-refractivity contribution < 1.29 is 4.79 Å². The van der Waals surface area contributed by atoms with Crippen molar-refractivity contribution in [2.24, 2.45) is 0 Å². The Labute approximate surface area is 151 Å². The van der Waals surface area contributed by atoms with E-state index < -0.39 is 0 Å². The number of nitrogens with zero attached hydrogens (tertiary/aromatic N) is 2. The summed E-state index contributed by atoms with van der Waals surface area (Å²) in [4.78, 5) is 29.0. The molecule has 132 valence electrons. The number of aromatic nitrogens is 2. The van der Waals surface area contributed by atoms with Crippen LogP contribution >= 0.6 is 0 Å². The largest absolute Gasteiger partial charge is 0.383 e. The average molecular weight is 348 g/mol. The van der Waals surface area contributed by atoms with E-state index in [2.05, 4.69) is 10.4 Å². The highest BCUT2D eigenvalue weighted by molar-refractivity contribution is 5.81. The molecule has 0 bridgehead atoms. The summed E-state index contributed by atoms with van der Waals surface area (Å²) in [6.45, 7) is 1.35. The molecule has 0 radical (unpaired) electrons. The number of benzene rings is 2. The molecule has 2 aromatic carbocycles. The second kappa shape index (κ2) is 7.65. The normalized spacial score (nSPS) is 10.5. The fraction of sp³-hybridized carbons (Fsp3) is 0.150. The van der Waals surface area contributed by atoms with Gasteiger partial charge in [0, 0.05) is 12.5 Å². The van der Waals surface area contributed by atoms with Crippen LogP contribution in [-0.2, 0) is 17.6 Å². The number of nitrogens with one attached hydrogen (secondary N) is 1. The summed E-state index contributed by atoms with van der Waals surface area (Å²) in [5.41, 5.74) is 10.5. The Kier molecular flexibility index (Phi) is 5.12. The quantitative estimate of drug-likeness (QED) is 0.741. The van der Waals surface area contributed by atoms with E-state index in [9.17, 15) is 9.59 Å². The first-order valence-electron chi connectivity index (χ1n) is 8.34. The van der Waals surface area contributed by atoms with Crippen LogP contribution < -0.4 is 16.7 Å². The number of amides is 1. The van der Waals surface area contributed by atoms with Crippen LogP contribution in [0.25, 0.3) is 11.4 Å². The lowest BCUT2D eigenvalue weighted by Crippen LogP contribution is -2.36. The molecule has 3 rings (SSSR count). The van der Waals surface area contributed by atoms with Gasteiger partial charge in [0.15, 0.2) is 5.82 Å². The molecular weight excluding hydrogens is 328 g/mol. The van der Waals surface area contributed by atoms with Crippen LogP contribution in [0.2, 0.25) is 0 Å². The minimum absolute atomic E-state index is 0.186. The van der Waals surface area contributed by atoms with Crippen molar-refractivity contribution in [1.29, 1.82) is 0 Å². The molecule has 0 spiro atoms. The number of hydrogen-bond acceptors (Lipinski definition) is 4. The Morgan fingerprint density at radius 1 is 1.04 bits per heavy atom. The number of rotatable bonds is 5. The van der Waals surface area contributed by atoms with Crippen molar-refractivity contribution >= 4 is 11.7 Å². The predicted octanol–water partition coefficient (Wildman–Crippen LogP) is 2.37. The van der Waals surface area contributed by atoms with Crippen LogP contribution in [0.1, 0.15) is 18.1 Å². The number of carbonyl (C=O) groups excluding carboxylic acids is 1. The summed E-state index contributed by atoms with van der Waals surface area (Å²) >= 11 is 0. The molecule has 0 unspecified atom stereocenters. The van der Waals surface area contributed by atoms with E-state index in [1.165, 1.54) is 11.6 Å². The lowest BCUT2D eigenvalue weighted by atomic mass is 10.1. The molecule has 1 aromatic heterocycles. The molecule has 1 amide bonds. The maximum absolute atomic E-state index is 13.0. The first-order valence-corrected chi connectivity index (χ1v) is 8.34. The highest BCUT2D eigenvalue weighted by atomic mass is 16.2. The van der Waals surface area contributed by atoms with Gasteiger partial charge in [0.05, 0.1) is 5.56 Å². The minimum Gasteiger partial charge on any atom is -0.383 e. The highest BCUT2D eigenvalue weighted by Crippen LogP contribution is 2.18. The third-order valence-corrected chi connectivity index (χ3v) is 4.02. The molecular formula is C20H20N4O2. The fourth-order valence-electron chi connectivity index (χ4n) is 2.76. The van der Waals surface area contributed by atoms with Crippen molar-refractivity contribution in [3.63, 3.8) is 0 Å². The molecule has 3 aromatic rings. The van der Waals surface area contributed by atoms with Gasteiger partial charge in [-0.2, -0.15) is 4.68 Å². The van der Waals surface area contributed by atoms with E-state index in [-0.39, 0.29) is 17.3 Å². The molecule has 1 heterocycles. The molecule has 0 fully saturated rings. The Hall–Kier alpha value is -3.41. The van der Waals surface area contributed by atoms with Gasteiger partial charge in [0.1, 0.15) is 5.82 Å². The van der Waals surface area contributed by atoms with Crippen LogP contribution in [0.3, 0.4) is 0 Å². The molecule has 3 N–H and O–H groups in total. The van der Waals surface area contributed by atoms with E-state index in [1.54, 1.807) is 0 Å². The first-order chi connectivity index (χ1) is 12.6. The van der Waals surface area contributed by atoms with E-state index in [4.69, 9.17) is 5.73 Å². The van der Waals surface area contributed by atoms with Crippen molar-refractivity contribution in [3.05, 3.63) is 82.1 Å². The van der Waals surface area contributed by atoms with Crippen LogP contribution in [0.4, 0.5) is 5.82 Å². The van der Waals surface area contributed by atoms with Crippen molar-refractivity contribution in [3.8, 4) is 11.4 Å². The topological polar surface area (TPSA) is 90.0 Å². The van der Waals surface area contributed by atoms with E-state index in [0.29, 0.717) is 29.8 Å². The average Bonchev–Trinajstić information content (AvgIpc) is 2.65. The molecule has 0 aliphatic heterocycles. The minimum atomic E-state index is -0.359. The molecule has 0 saturated carbocycles. The van der Waals surface area contributed by atoms with E-state index >= 15 is 0 Å². The fourth-order valence-corrected chi connectivity index (χ4v) is 2.76. The van der Waals surface area contributed by atoms with Gasteiger partial charge in [-0.1, -0.05) is 60.7 Å². The zero-order chi connectivity index (χ0) is 18.5. The predicted molar refractivity (Wildman–Crippen MR) is 102 cm³/mol. The number of aryl methyl sites for hydroxylation is 1. The Morgan fingerprint density at radius 2 is 1.65 bits per heavy atom. The highest BCUT2D eigenvalue weighted by Gasteiger charge is 2.17. The lowest BCUT2D eigenvalue weighted by Gasteiger charge is -2.15. The van der Waals surface area contributed by atoms with Crippen LogP contribution in [0.15, 0.2) is 65.5 Å². The molecule has 0 saturated heterocycles. The zero-order valence-electron chi connectivity index (χ0n) is 14.5. The second-order valence-corrected chi connectivity index (χ2v) is 5.96. The number of nitrogen functional groups attached to an aromatic ring is 1. The number of carbonyl (C=O) groups is 1.